The molecule has 152 valence electrons. The van der Waals surface area contributed by atoms with Crippen LogP contribution < -0.4 is 9.47 Å². The van der Waals surface area contributed by atoms with Gasteiger partial charge in [0.05, 0.1) is 16.9 Å². The number of rotatable bonds is 6. The third kappa shape index (κ3) is 4.58. The van der Waals surface area contributed by atoms with Crippen LogP contribution in [0.5, 0.6) is 17.2 Å². The molecule has 0 fully saturated rings. The molecule has 0 spiro atoms. The predicted octanol–water partition coefficient (Wildman–Crippen LogP) is 3.88. The fraction of sp³-hybridized carbons (Fsp3) is 0.100. The highest BCUT2D eigenvalue weighted by Crippen LogP contribution is 2.31. The first-order chi connectivity index (χ1) is 13.6. The van der Waals surface area contributed by atoms with Gasteiger partial charge in [0, 0.05) is 0 Å². The minimum absolute atomic E-state index is 0.0554. The fourth-order valence-electron chi connectivity index (χ4n) is 2.59. The highest BCUT2D eigenvalue weighted by atomic mass is 32.2. The molecule has 0 atom stereocenters. The van der Waals surface area contributed by atoms with Crippen LogP contribution in [-0.2, 0) is 20.0 Å². The maximum atomic E-state index is 12.9. The standard InChI is InChI=1S/C20H18O7S2/c1-14-3-5-15(6-4-14)27-16-7-9-17(10-8-16)28(21,22)18-11-12-19(26-2)20(13-18)29(23,24)25/h3-13H,1-2H3,(H,23,24,25). The van der Waals surface area contributed by atoms with Crippen LogP contribution in [0.25, 0.3) is 0 Å². The third-order valence-electron chi connectivity index (χ3n) is 4.11. The molecule has 0 amide bonds. The average molecular weight is 434 g/mol. The van der Waals surface area contributed by atoms with E-state index in [9.17, 15) is 21.4 Å². The molecule has 3 aromatic rings. The van der Waals surface area contributed by atoms with Crippen molar-refractivity contribution in [1.82, 2.24) is 0 Å². The minimum atomic E-state index is -4.66. The summed E-state index contributed by atoms with van der Waals surface area (Å²) < 4.78 is 68.7. The fourth-order valence-corrected chi connectivity index (χ4v) is 4.63. The molecule has 0 aliphatic heterocycles. The lowest BCUT2D eigenvalue weighted by Gasteiger charge is -2.10. The smallest absolute Gasteiger partial charge is 0.298 e. The second-order valence-electron chi connectivity index (χ2n) is 6.18. The maximum absolute atomic E-state index is 12.9. The van der Waals surface area contributed by atoms with Gasteiger partial charge >= 0.3 is 0 Å². The van der Waals surface area contributed by atoms with Gasteiger partial charge in [-0.05, 0) is 61.5 Å². The zero-order valence-corrected chi connectivity index (χ0v) is 17.2. The van der Waals surface area contributed by atoms with Gasteiger partial charge in [0.25, 0.3) is 10.1 Å². The Labute approximate surface area is 169 Å². The van der Waals surface area contributed by atoms with E-state index in [2.05, 4.69) is 0 Å². The third-order valence-corrected chi connectivity index (χ3v) is 6.76. The minimum Gasteiger partial charge on any atom is -0.495 e. The Hall–Kier alpha value is -2.88. The molecule has 3 aromatic carbocycles. The summed E-state index contributed by atoms with van der Waals surface area (Å²) in [7, 11) is -7.48. The largest absolute Gasteiger partial charge is 0.495 e. The van der Waals surface area contributed by atoms with Gasteiger partial charge in [-0.2, -0.15) is 8.42 Å². The maximum Gasteiger partial charge on any atom is 0.298 e. The van der Waals surface area contributed by atoms with Crippen LogP contribution in [0.3, 0.4) is 0 Å². The van der Waals surface area contributed by atoms with Crippen molar-refractivity contribution in [2.24, 2.45) is 0 Å². The van der Waals surface area contributed by atoms with Crippen LogP contribution in [0.4, 0.5) is 0 Å². The van der Waals surface area contributed by atoms with Crippen LogP contribution in [0.2, 0.25) is 0 Å². The van der Waals surface area contributed by atoms with Crippen LogP contribution >= 0.6 is 0 Å². The first kappa shape index (κ1) is 20.8. The highest BCUT2D eigenvalue weighted by molar-refractivity contribution is 7.91. The van der Waals surface area contributed by atoms with E-state index in [1.54, 1.807) is 12.1 Å². The normalized spacial score (nSPS) is 11.8. The zero-order chi connectivity index (χ0) is 21.2. The van der Waals surface area contributed by atoms with Gasteiger partial charge in [-0.1, -0.05) is 17.7 Å². The number of hydrogen-bond acceptors (Lipinski definition) is 6. The van der Waals surface area contributed by atoms with Gasteiger partial charge in [0.2, 0.25) is 9.84 Å². The van der Waals surface area contributed by atoms with Crippen molar-refractivity contribution in [2.45, 2.75) is 21.6 Å². The second-order valence-corrected chi connectivity index (χ2v) is 9.52. The molecule has 29 heavy (non-hydrogen) atoms. The molecule has 0 radical (unpaired) electrons. The summed E-state index contributed by atoms with van der Waals surface area (Å²) in [4.78, 5) is -0.973. The topological polar surface area (TPSA) is 107 Å². The van der Waals surface area contributed by atoms with Crippen LogP contribution in [0.1, 0.15) is 5.56 Å². The predicted molar refractivity (Wildman–Crippen MR) is 106 cm³/mol. The molecule has 1 N–H and O–H groups in total. The van der Waals surface area contributed by atoms with Crippen molar-refractivity contribution in [2.75, 3.05) is 7.11 Å². The molecule has 3 rings (SSSR count). The summed E-state index contributed by atoms with van der Waals surface area (Å²) in [5.41, 5.74) is 1.09. The Bertz CT molecular complexity index is 1230. The van der Waals surface area contributed by atoms with Gasteiger partial charge in [-0.25, -0.2) is 8.42 Å². The Morgan fingerprint density at radius 1 is 0.759 bits per heavy atom. The lowest BCUT2D eigenvalue weighted by Crippen LogP contribution is -2.06. The van der Waals surface area contributed by atoms with Crippen molar-refractivity contribution in [3.8, 4) is 17.2 Å². The van der Waals surface area contributed by atoms with Crippen molar-refractivity contribution >= 4 is 20.0 Å². The molecule has 0 aliphatic carbocycles. The number of hydrogen-bond donors (Lipinski definition) is 1. The molecular formula is C20H18O7S2. The summed E-state index contributed by atoms with van der Waals surface area (Å²) >= 11 is 0. The van der Waals surface area contributed by atoms with Gasteiger partial charge in [-0.3, -0.25) is 4.55 Å². The Balaban J connectivity index is 1.92. The Kier molecular flexibility index (Phi) is 5.65. The number of aryl methyl sites for hydroxylation is 1. The van der Waals surface area contributed by atoms with Crippen molar-refractivity contribution in [3.05, 3.63) is 72.3 Å². The van der Waals surface area contributed by atoms with Gasteiger partial charge in [0.1, 0.15) is 22.1 Å². The van der Waals surface area contributed by atoms with Gasteiger partial charge < -0.3 is 9.47 Å². The molecule has 7 nitrogen and oxygen atoms in total. The molecule has 0 bridgehead atoms. The van der Waals surface area contributed by atoms with Crippen molar-refractivity contribution < 1.29 is 30.9 Å². The van der Waals surface area contributed by atoms with E-state index in [1.807, 2.05) is 19.1 Å². The van der Waals surface area contributed by atoms with E-state index in [4.69, 9.17) is 9.47 Å². The van der Waals surface area contributed by atoms with Crippen LogP contribution in [0, 0.1) is 6.92 Å². The molecule has 0 aromatic heterocycles. The first-order valence-electron chi connectivity index (χ1n) is 8.36. The summed E-state index contributed by atoms with van der Waals surface area (Å²) in [5, 5.41) is 0. The summed E-state index contributed by atoms with van der Waals surface area (Å²) in [6.45, 7) is 1.95. The number of benzene rings is 3. The highest BCUT2D eigenvalue weighted by Gasteiger charge is 2.24. The monoisotopic (exact) mass is 434 g/mol. The molecule has 9 heteroatoms. The molecule has 0 saturated heterocycles. The quantitative estimate of drug-likeness (QED) is 0.587. The lowest BCUT2D eigenvalue weighted by atomic mass is 10.2. The Morgan fingerprint density at radius 2 is 1.28 bits per heavy atom. The van der Waals surface area contributed by atoms with E-state index in [1.165, 1.54) is 43.5 Å². The summed E-state index contributed by atoms with van der Waals surface area (Å²) in [6.07, 6.45) is 0. The van der Waals surface area contributed by atoms with E-state index < -0.39 is 24.9 Å². The zero-order valence-electron chi connectivity index (χ0n) is 15.6. The first-order valence-corrected chi connectivity index (χ1v) is 11.3. The van der Waals surface area contributed by atoms with E-state index in [0.29, 0.717) is 11.5 Å². The lowest BCUT2D eigenvalue weighted by molar-refractivity contribution is 0.397. The molecule has 0 unspecified atom stereocenters. The summed E-state index contributed by atoms with van der Waals surface area (Å²) in [5.74, 6) is 0.897. The van der Waals surface area contributed by atoms with E-state index in [-0.39, 0.29) is 15.5 Å². The van der Waals surface area contributed by atoms with Crippen LogP contribution in [-0.4, -0.2) is 28.5 Å². The van der Waals surface area contributed by atoms with Crippen molar-refractivity contribution in [1.29, 1.82) is 0 Å². The SMILES string of the molecule is COc1ccc(S(=O)(=O)c2ccc(Oc3ccc(C)cc3)cc2)cc1S(=O)(=O)O. The van der Waals surface area contributed by atoms with E-state index in [0.717, 1.165) is 11.6 Å². The summed E-state index contributed by atoms with van der Waals surface area (Å²) in [6, 6.07) is 16.3. The van der Waals surface area contributed by atoms with E-state index >= 15 is 0 Å². The molecular weight excluding hydrogens is 416 g/mol. The number of ether oxygens (including phenoxy) is 2. The van der Waals surface area contributed by atoms with Crippen molar-refractivity contribution in [3.63, 3.8) is 0 Å². The Morgan fingerprint density at radius 3 is 1.79 bits per heavy atom. The van der Waals surface area contributed by atoms with Gasteiger partial charge in [0.15, 0.2) is 0 Å². The second kappa shape index (κ2) is 7.86. The number of sulfone groups is 1. The number of methoxy groups -OCH3 is 1. The average Bonchev–Trinajstić information content (AvgIpc) is 2.69. The molecule has 0 saturated carbocycles. The van der Waals surface area contributed by atoms with Gasteiger partial charge in [-0.15, -0.1) is 0 Å². The molecule has 0 heterocycles. The molecule has 0 aliphatic rings. The van der Waals surface area contributed by atoms with Crippen LogP contribution in [0.15, 0.2) is 81.4 Å².